The number of hydrogen-bond donors (Lipinski definition) is 2. The molecule has 1 aromatic rings. The van der Waals surface area contributed by atoms with Gasteiger partial charge in [0.2, 0.25) is 0 Å². The van der Waals surface area contributed by atoms with Crippen LogP contribution in [-0.2, 0) is 10.2 Å². The van der Waals surface area contributed by atoms with Gasteiger partial charge < -0.3 is 11.1 Å². The molecule has 0 aliphatic carbocycles. The molecule has 1 saturated heterocycles. The fourth-order valence-electron chi connectivity index (χ4n) is 2.48. The van der Waals surface area contributed by atoms with Gasteiger partial charge in [-0.2, -0.15) is 17.0 Å². The molecule has 0 aromatic carbocycles. The Morgan fingerprint density at radius 3 is 2.91 bits per heavy atom. The first-order chi connectivity index (χ1) is 10.9. The molecule has 1 fully saturated rings. The molecule has 0 radical (unpaired) electrons. The van der Waals surface area contributed by atoms with Crippen LogP contribution in [0.1, 0.15) is 19.3 Å². The van der Waals surface area contributed by atoms with Crippen LogP contribution in [0.25, 0.3) is 0 Å². The summed E-state index contributed by atoms with van der Waals surface area (Å²) in [5.74, 6) is 0.839. The van der Waals surface area contributed by atoms with Gasteiger partial charge in [0.15, 0.2) is 5.96 Å². The lowest BCUT2D eigenvalue weighted by Crippen LogP contribution is -2.50. The van der Waals surface area contributed by atoms with Crippen molar-refractivity contribution < 1.29 is 8.42 Å². The monoisotopic (exact) mass is 340 g/mol. The Kier molecular flexibility index (Phi) is 5.91. The summed E-state index contributed by atoms with van der Waals surface area (Å²) in [7, 11) is -0.346. The smallest absolute Gasteiger partial charge is 0.281 e. The summed E-state index contributed by atoms with van der Waals surface area (Å²) in [5.41, 5.74) is 5.86. The zero-order valence-electron chi connectivity index (χ0n) is 13.5. The molecule has 0 amide bonds. The summed E-state index contributed by atoms with van der Waals surface area (Å²) in [6.45, 7) is 0.854. The molecular weight excluding hydrogens is 316 g/mol. The van der Waals surface area contributed by atoms with Gasteiger partial charge in [-0.25, -0.2) is 4.98 Å². The second-order valence-corrected chi connectivity index (χ2v) is 7.71. The number of aromatic nitrogens is 1. The van der Waals surface area contributed by atoms with E-state index in [0.29, 0.717) is 18.9 Å². The molecule has 1 aliphatic rings. The summed E-state index contributed by atoms with van der Waals surface area (Å²) in [4.78, 5) is 8.39. The van der Waals surface area contributed by atoms with Crippen LogP contribution in [0.5, 0.6) is 0 Å². The highest BCUT2D eigenvalue weighted by Crippen LogP contribution is 2.21. The van der Waals surface area contributed by atoms with Crippen LogP contribution in [0, 0.1) is 0 Å². The minimum atomic E-state index is -3.43. The fourth-order valence-corrected chi connectivity index (χ4v) is 3.81. The van der Waals surface area contributed by atoms with E-state index in [0.717, 1.165) is 19.3 Å². The largest absolute Gasteiger partial charge is 0.370 e. The van der Waals surface area contributed by atoms with E-state index < -0.39 is 10.2 Å². The lowest BCUT2D eigenvalue weighted by atomic mass is 10.1. The average Bonchev–Trinajstić information content (AvgIpc) is 2.54. The number of aliphatic imine (C=N–C) groups is 1. The highest BCUT2D eigenvalue weighted by molar-refractivity contribution is 7.86. The third-order valence-corrected chi connectivity index (χ3v) is 5.72. The Bertz CT molecular complexity index is 632. The van der Waals surface area contributed by atoms with Crippen LogP contribution in [0.3, 0.4) is 0 Å². The van der Waals surface area contributed by atoms with E-state index in [1.165, 1.54) is 8.61 Å². The second-order valence-electron chi connectivity index (χ2n) is 5.62. The zero-order valence-corrected chi connectivity index (χ0v) is 14.3. The van der Waals surface area contributed by atoms with Crippen molar-refractivity contribution in [2.75, 3.05) is 32.5 Å². The fraction of sp³-hybridized carbons (Fsp3) is 0.571. The minimum Gasteiger partial charge on any atom is -0.370 e. The number of piperidine rings is 1. The maximum Gasteiger partial charge on any atom is 0.281 e. The van der Waals surface area contributed by atoms with E-state index in [2.05, 4.69) is 15.3 Å². The summed E-state index contributed by atoms with van der Waals surface area (Å²) >= 11 is 0. The molecule has 1 unspecified atom stereocenters. The molecule has 1 aliphatic heterocycles. The van der Waals surface area contributed by atoms with Crippen molar-refractivity contribution in [3.8, 4) is 0 Å². The van der Waals surface area contributed by atoms with Crippen molar-refractivity contribution in [2.24, 2.45) is 10.7 Å². The van der Waals surface area contributed by atoms with Gasteiger partial charge in [0.25, 0.3) is 10.2 Å². The van der Waals surface area contributed by atoms with Gasteiger partial charge in [-0.05, 0) is 25.0 Å². The number of anilines is 1. The molecular formula is C14H24N6O2S. The molecule has 0 saturated carbocycles. The standard InChI is InChI=1S/C14H24N6O2S/c1-19(2)23(21,22)20-10-6-4-7-12(20)11-17-14(15)18-13-8-3-5-9-16-13/h3,5,8-9,12H,4,6-7,10-11H2,1-2H3,(H3,15,16,17,18). The van der Waals surface area contributed by atoms with Gasteiger partial charge in [0.1, 0.15) is 5.82 Å². The number of rotatable bonds is 5. The topological polar surface area (TPSA) is 104 Å². The summed E-state index contributed by atoms with van der Waals surface area (Å²) in [6.07, 6.45) is 4.30. The summed E-state index contributed by atoms with van der Waals surface area (Å²) < 4.78 is 27.5. The molecule has 1 atom stereocenters. The molecule has 2 heterocycles. The van der Waals surface area contributed by atoms with Crippen LogP contribution in [0.4, 0.5) is 5.82 Å². The van der Waals surface area contributed by atoms with Crippen LogP contribution in [0.15, 0.2) is 29.4 Å². The first kappa shape index (κ1) is 17.6. The minimum absolute atomic E-state index is 0.166. The predicted octanol–water partition coefficient (Wildman–Crippen LogP) is 0.469. The molecule has 1 aromatic heterocycles. The zero-order chi connectivity index (χ0) is 16.9. The lowest BCUT2D eigenvalue weighted by molar-refractivity contribution is 0.245. The number of hydrogen-bond acceptors (Lipinski definition) is 4. The molecule has 8 nitrogen and oxygen atoms in total. The molecule has 23 heavy (non-hydrogen) atoms. The quantitative estimate of drug-likeness (QED) is 0.599. The maximum absolute atomic E-state index is 12.4. The average molecular weight is 340 g/mol. The number of nitrogens with two attached hydrogens (primary N) is 1. The van der Waals surface area contributed by atoms with Gasteiger partial charge in [-0.1, -0.05) is 12.5 Å². The van der Waals surface area contributed by atoms with Gasteiger partial charge in [0.05, 0.1) is 6.54 Å². The molecule has 3 N–H and O–H groups in total. The van der Waals surface area contributed by atoms with Crippen molar-refractivity contribution in [1.82, 2.24) is 13.6 Å². The van der Waals surface area contributed by atoms with Crippen molar-refractivity contribution >= 4 is 22.0 Å². The van der Waals surface area contributed by atoms with Crippen molar-refractivity contribution in [3.63, 3.8) is 0 Å². The van der Waals surface area contributed by atoms with Crippen LogP contribution < -0.4 is 11.1 Å². The van der Waals surface area contributed by atoms with Crippen LogP contribution >= 0.6 is 0 Å². The van der Waals surface area contributed by atoms with E-state index in [1.807, 2.05) is 12.1 Å². The molecule has 9 heteroatoms. The van der Waals surface area contributed by atoms with Crippen LogP contribution in [-0.4, -0.2) is 61.2 Å². The first-order valence-electron chi connectivity index (χ1n) is 7.58. The summed E-state index contributed by atoms with van der Waals surface area (Å²) in [6, 6.07) is 5.27. The van der Waals surface area contributed by atoms with Crippen molar-refractivity contribution in [2.45, 2.75) is 25.3 Å². The first-order valence-corrected chi connectivity index (χ1v) is 8.98. The van der Waals surface area contributed by atoms with E-state index in [1.54, 1.807) is 26.4 Å². The van der Waals surface area contributed by atoms with Crippen LogP contribution in [0.2, 0.25) is 0 Å². The van der Waals surface area contributed by atoms with Crippen molar-refractivity contribution in [3.05, 3.63) is 24.4 Å². The Balaban J connectivity index is 2.03. The van der Waals surface area contributed by atoms with Gasteiger partial charge in [-0.3, -0.25) is 4.99 Å². The highest BCUT2D eigenvalue weighted by Gasteiger charge is 2.33. The van der Waals surface area contributed by atoms with E-state index >= 15 is 0 Å². The predicted molar refractivity (Wildman–Crippen MR) is 91.3 cm³/mol. The number of nitrogens with zero attached hydrogens (tertiary/aromatic N) is 4. The van der Waals surface area contributed by atoms with Crippen molar-refractivity contribution in [1.29, 1.82) is 0 Å². The van der Waals surface area contributed by atoms with E-state index in [4.69, 9.17) is 5.73 Å². The molecule has 128 valence electrons. The molecule has 0 spiro atoms. The lowest BCUT2D eigenvalue weighted by Gasteiger charge is -2.35. The molecule has 0 bridgehead atoms. The maximum atomic E-state index is 12.4. The Morgan fingerprint density at radius 2 is 2.26 bits per heavy atom. The SMILES string of the molecule is CN(C)S(=O)(=O)N1CCCCC1CN=C(N)Nc1ccccn1. The Labute approximate surface area is 137 Å². The van der Waals surface area contributed by atoms with E-state index in [9.17, 15) is 8.42 Å². The third-order valence-electron chi connectivity index (χ3n) is 3.72. The number of nitrogens with one attached hydrogen (secondary N) is 1. The summed E-state index contributed by atoms with van der Waals surface area (Å²) in [5, 5.41) is 2.90. The van der Waals surface area contributed by atoms with E-state index in [-0.39, 0.29) is 12.0 Å². The highest BCUT2D eigenvalue weighted by atomic mass is 32.2. The van der Waals surface area contributed by atoms with Gasteiger partial charge >= 0.3 is 0 Å². The Morgan fingerprint density at radius 1 is 1.48 bits per heavy atom. The number of guanidine groups is 1. The van der Waals surface area contributed by atoms with Gasteiger partial charge in [0, 0.05) is 32.9 Å². The van der Waals surface area contributed by atoms with Gasteiger partial charge in [-0.15, -0.1) is 0 Å². The second kappa shape index (κ2) is 7.71. The Hall–Kier alpha value is -1.71. The number of pyridine rings is 1. The molecule has 2 rings (SSSR count). The third kappa shape index (κ3) is 4.63. The normalized spacial score (nSPS) is 20.7.